The molecular formula is C20H18N2O. The molecule has 2 aliphatic heterocycles. The van der Waals surface area contributed by atoms with Gasteiger partial charge in [0.15, 0.2) is 0 Å². The number of carbonyl (C=O) groups is 1. The van der Waals surface area contributed by atoms with E-state index in [9.17, 15) is 4.79 Å². The molecule has 23 heavy (non-hydrogen) atoms. The molecule has 3 nitrogen and oxygen atoms in total. The number of para-hydroxylation sites is 1. The Balaban J connectivity index is 1.87. The Morgan fingerprint density at radius 3 is 2.87 bits per heavy atom. The van der Waals surface area contributed by atoms with Crippen molar-refractivity contribution in [2.24, 2.45) is 0 Å². The van der Waals surface area contributed by atoms with E-state index in [1.54, 1.807) is 0 Å². The molecule has 3 aromatic rings. The third kappa shape index (κ3) is 1.43. The quantitative estimate of drug-likeness (QED) is 0.674. The number of aryl methyl sites for hydroxylation is 1. The average molecular weight is 302 g/mol. The number of H-pyrrole nitrogens is 1. The third-order valence-corrected chi connectivity index (χ3v) is 5.60. The summed E-state index contributed by atoms with van der Waals surface area (Å²) in [5.74, 6) is 0.159. The van der Waals surface area contributed by atoms with E-state index in [0.29, 0.717) is 0 Å². The van der Waals surface area contributed by atoms with Gasteiger partial charge in [-0.1, -0.05) is 35.9 Å². The Labute approximate surface area is 134 Å². The van der Waals surface area contributed by atoms with Crippen LogP contribution in [0.25, 0.3) is 10.9 Å². The summed E-state index contributed by atoms with van der Waals surface area (Å²) in [6, 6.07) is 14.6. The van der Waals surface area contributed by atoms with Crippen LogP contribution in [0.15, 0.2) is 42.5 Å². The average Bonchev–Trinajstić information content (AvgIpc) is 3.03. The lowest BCUT2D eigenvalue weighted by Crippen LogP contribution is -2.47. The molecule has 0 saturated heterocycles. The molecule has 5 rings (SSSR count). The molecule has 1 N–H and O–H groups in total. The fourth-order valence-electron chi connectivity index (χ4n) is 4.43. The molecule has 2 aliphatic rings. The summed E-state index contributed by atoms with van der Waals surface area (Å²) in [7, 11) is 0. The number of aromatic amines is 1. The van der Waals surface area contributed by atoms with E-state index < -0.39 is 0 Å². The highest BCUT2D eigenvalue weighted by Gasteiger charge is 2.51. The van der Waals surface area contributed by atoms with Crippen LogP contribution < -0.4 is 0 Å². The van der Waals surface area contributed by atoms with Crippen LogP contribution in [0, 0.1) is 6.92 Å². The van der Waals surface area contributed by atoms with Crippen LogP contribution in [0.1, 0.15) is 39.7 Å². The number of nitrogens with one attached hydrogen (secondary N) is 1. The lowest BCUT2D eigenvalue weighted by Gasteiger charge is -2.40. The van der Waals surface area contributed by atoms with Gasteiger partial charge in [-0.15, -0.1) is 0 Å². The van der Waals surface area contributed by atoms with E-state index in [2.05, 4.69) is 49.2 Å². The Hall–Kier alpha value is -2.55. The second-order valence-electron chi connectivity index (χ2n) is 6.85. The molecule has 0 radical (unpaired) electrons. The predicted molar refractivity (Wildman–Crippen MR) is 90.7 cm³/mol. The van der Waals surface area contributed by atoms with Gasteiger partial charge < -0.3 is 9.88 Å². The highest BCUT2D eigenvalue weighted by atomic mass is 16.2. The van der Waals surface area contributed by atoms with Crippen molar-refractivity contribution in [1.29, 1.82) is 0 Å². The van der Waals surface area contributed by atoms with E-state index in [1.165, 1.54) is 22.2 Å². The van der Waals surface area contributed by atoms with Gasteiger partial charge in [-0.2, -0.15) is 0 Å². The van der Waals surface area contributed by atoms with E-state index in [-0.39, 0.29) is 11.4 Å². The van der Waals surface area contributed by atoms with Crippen LogP contribution in [-0.2, 0) is 12.0 Å². The van der Waals surface area contributed by atoms with Crippen molar-refractivity contribution in [3.05, 3.63) is 70.4 Å². The molecule has 0 fully saturated rings. The smallest absolute Gasteiger partial charge is 0.255 e. The molecule has 3 heteroatoms. The Morgan fingerprint density at radius 1 is 1.17 bits per heavy atom. The molecule has 1 unspecified atom stereocenters. The van der Waals surface area contributed by atoms with Crippen LogP contribution in [-0.4, -0.2) is 22.3 Å². The number of fused-ring (bicyclic) bond motifs is 7. The molecule has 0 saturated carbocycles. The number of hydrogen-bond acceptors (Lipinski definition) is 1. The van der Waals surface area contributed by atoms with Gasteiger partial charge in [0.05, 0.1) is 0 Å². The number of rotatable bonds is 0. The summed E-state index contributed by atoms with van der Waals surface area (Å²) in [5.41, 5.74) is 6.51. The molecule has 1 amide bonds. The van der Waals surface area contributed by atoms with Crippen LogP contribution in [0.5, 0.6) is 0 Å². The molecule has 1 aromatic heterocycles. The molecule has 0 aliphatic carbocycles. The molecule has 2 aromatic carbocycles. The molecule has 0 bridgehead atoms. The monoisotopic (exact) mass is 302 g/mol. The summed E-state index contributed by atoms with van der Waals surface area (Å²) >= 11 is 0. The standard InChI is InChI=1S/C20H18N2O/c1-12-7-8-15-16(11-12)20(2)18-14(9-10-22(20)19(15)23)13-5-3-4-6-17(13)21-18/h3-8,11,21H,9-10H2,1-2H3. The summed E-state index contributed by atoms with van der Waals surface area (Å²) in [6.07, 6.45) is 0.910. The maximum atomic E-state index is 12.9. The highest BCUT2D eigenvalue weighted by Crippen LogP contribution is 2.48. The first-order valence-corrected chi connectivity index (χ1v) is 8.14. The van der Waals surface area contributed by atoms with Crippen LogP contribution in [0.2, 0.25) is 0 Å². The first kappa shape index (κ1) is 12.9. The fraction of sp³-hybridized carbons (Fsp3) is 0.250. The maximum absolute atomic E-state index is 12.9. The molecule has 1 atom stereocenters. The van der Waals surface area contributed by atoms with Crippen molar-refractivity contribution in [1.82, 2.24) is 9.88 Å². The Bertz CT molecular complexity index is 984. The highest BCUT2D eigenvalue weighted by molar-refractivity contribution is 6.01. The SMILES string of the molecule is Cc1ccc2c(c1)C1(C)c3[nH]c4ccccc4c3CCN1C2=O. The molecule has 114 valence electrons. The van der Waals surface area contributed by atoms with Gasteiger partial charge in [-0.3, -0.25) is 4.79 Å². The van der Waals surface area contributed by atoms with Gasteiger partial charge in [0.2, 0.25) is 0 Å². The fourth-order valence-corrected chi connectivity index (χ4v) is 4.43. The number of benzene rings is 2. The van der Waals surface area contributed by atoms with E-state index in [1.807, 2.05) is 17.0 Å². The number of nitrogens with zero attached hydrogens (tertiary/aromatic N) is 1. The summed E-state index contributed by atoms with van der Waals surface area (Å²) in [4.78, 5) is 18.5. The van der Waals surface area contributed by atoms with Crippen molar-refractivity contribution in [2.75, 3.05) is 6.54 Å². The normalized spacial score (nSPS) is 22.2. The van der Waals surface area contributed by atoms with E-state index in [0.717, 1.165) is 29.6 Å². The molecular weight excluding hydrogens is 284 g/mol. The van der Waals surface area contributed by atoms with Gasteiger partial charge in [0.25, 0.3) is 5.91 Å². The van der Waals surface area contributed by atoms with Crippen molar-refractivity contribution in [3.8, 4) is 0 Å². The van der Waals surface area contributed by atoms with Gasteiger partial charge in [-0.25, -0.2) is 0 Å². The maximum Gasteiger partial charge on any atom is 0.255 e. The number of amides is 1. The van der Waals surface area contributed by atoms with Crippen molar-refractivity contribution in [2.45, 2.75) is 25.8 Å². The largest absolute Gasteiger partial charge is 0.356 e. The summed E-state index contributed by atoms with van der Waals surface area (Å²) < 4.78 is 0. The second kappa shape index (κ2) is 4.05. The van der Waals surface area contributed by atoms with Gasteiger partial charge in [0.1, 0.15) is 5.54 Å². The zero-order valence-electron chi connectivity index (χ0n) is 13.3. The van der Waals surface area contributed by atoms with Crippen LogP contribution in [0.3, 0.4) is 0 Å². The summed E-state index contributed by atoms with van der Waals surface area (Å²) in [5, 5.41) is 1.29. The Kier molecular flexibility index (Phi) is 2.28. The van der Waals surface area contributed by atoms with Crippen LogP contribution >= 0.6 is 0 Å². The van der Waals surface area contributed by atoms with E-state index in [4.69, 9.17) is 0 Å². The number of aromatic nitrogens is 1. The van der Waals surface area contributed by atoms with Crippen molar-refractivity contribution < 1.29 is 4.79 Å². The first-order chi connectivity index (χ1) is 11.1. The lowest BCUT2D eigenvalue weighted by molar-refractivity contribution is 0.0626. The minimum absolute atomic E-state index is 0.159. The lowest BCUT2D eigenvalue weighted by atomic mass is 9.82. The summed E-state index contributed by atoms with van der Waals surface area (Å²) in [6.45, 7) is 5.05. The molecule has 0 spiro atoms. The number of carbonyl (C=O) groups excluding carboxylic acids is 1. The molecule has 3 heterocycles. The second-order valence-corrected chi connectivity index (χ2v) is 6.85. The zero-order chi connectivity index (χ0) is 15.8. The van der Waals surface area contributed by atoms with Gasteiger partial charge in [0, 0.05) is 28.7 Å². The Morgan fingerprint density at radius 2 is 2.00 bits per heavy atom. The van der Waals surface area contributed by atoms with Crippen LogP contribution in [0.4, 0.5) is 0 Å². The predicted octanol–water partition coefficient (Wildman–Crippen LogP) is 3.75. The minimum Gasteiger partial charge on any atom is -0.356 e. The van der Waals surface area contributed by atoms with Crippen molar-refractivity contribution in [3.63, 3.8) is 0 Å². The third-order valence-electron chi connectivity index (χ3n) is 5.60. The minimum atomic E-state index is -0.384. The number of hydrogen-bond donors (Lipinski definition) is 1. The zero-order valence-corrected chi connectivity index (χ0v) is 13.3. The van der Waals surface area contributed by atoms with Crippen molar-refractivity contribution >= 4 is 16.8 Å². The van der Waals surface area contributed by atoms with E-state index >= 15 is 0 Å². The van der Waals surface area contributed by atoms with Gasteiger partial charge in [-0.05, 0) is 43.5 Å². The van der Waals surface area contributed by atoms with Gasteiger partial charge >= 0.3 is 0 Å². The first-order valence-electron chi connectivity index (χ1n) is 8.14. The topological polar surface area (TPSA) is 36.1 Å².